The molecule has 84 valence electrons. The van der Waals surface area contributed by atoms with E-state index in [2.05, 4.69) is 37.8 Å². The zero-order valence-corrected chi connectivity index (χ0v) is 10.7. The van der Waals surface area contributed by atoms with Gasteiger partial charge in [-0.05, 0) is 37.0 Å². The Bertz CT molecular complexity index is 145. The van der Waals surface area contributed by atoms with E-state index in [1.165, 1.54) is 30.8 Å². The van der Waals surface area contributed by atoms with Crippen LogP contribution in [0.3, 0.4) is 0 Å². The maximum atomic E-state index is 3.62. The summed E-state index contributed by atoms with van der Waals surface area (Å²) < 4.78 is 0. The van der Waals surface area contributed by atoms with Crippen molar-refractivity contribution in [2.24, 2.45) is 11.8 Å². The number of hydrogen-bond donors (Lipinski definition) is 1. The highest BCUT2D eigenvalue weighted by Crippen LogP contribution is 2.34. The minimum absolute atomic E-state index is 0.800. The van der Waals surface area contributed by atoms with E-state index < -0.39 is 0 Å². The third kappa shape index (κ3) is 4.70. The fourth-order valence-corrected chi connectivity index (χ4v) is 3.05. The molecule has 0 radical (unpaired) electrons. The Labute approximate surface area is 93.4 Å². The van der Waals surface area contributed by atoms with Gasteiger partial charge in [0.1, 0.15) is 0 Å². The van der Waals surface area contributed by atoms with Crippen molar-refractivity contribution in [2.75, 3.05) is 18.1 Å². The Morgan fingerprint density at radius 2 is 2.00 bits per heavy atom. The second-order valence-electron chi connectivity index (χ2n) is 4.55. The predicted octanol–water partition coefficient (Wildman–Crippen LogP) is 3.15. The normalized spacial score (nSPS) is 20.8. The average Bonchev–Trinajstić information content (AvgIpc) is 2.99. The Hall–Kier alpha value is 0.310. The van der Waals surface area contributed by atoms with E-state index in [-0.39, 0.29) is 0 Å². The first-order valence-electron chi connectivity index (χ1n) is 6.09. The molecule has 0 aliphatic heterocycles. The fourth-order valence-electron chi connectivity index (χ4n) is 1.64. The van der Waals surface area contributed by atoms with Gasteiger partial charge in [0, 0.05) is 11.8 Å². The van der Waals surface area contributed by atoms with Gasteiger partial charge in [-0.3, -0.25) is 0 Å². The standard InChI is InChI=1S/C12H25NS/c1-4-10(3)8-14-9-12(13-5-2)11-6-7-11/h10-13H,4-9H2,1-3H3. The molecule has 0 heterocycles. The first-order chi connectivity index (χ1) is 6.77. The van der Waals surface area contributed by atoms with Crippen molar-refractivity contribution in [2.45, 2.75) is 46.1 Å². The van der Waals surface area contributed by atoms with Crippen LogP contribution in [0.15, 0.2) is 0 Å². The minimum Gasteiger partial charge on any atom is -0.313 e. The van der Waals surface area contributed by atoms with Crippen LogP contribution in [0.4, 0.5) is 0 Å². The summed E-state index contributed by atoms with van der Waals surface area (Å²) in [5, 5.41) is 3.62. The Morgan fingerprint density at radius 1 is 1.29 bits per heavy atom. The van der Waals surface area contributed by atoms with Crippen LogP contribution in [0, 0.1) is 11.8 Å². The molecule has 2 atom stereocenters. The molecule has 0 aromatic heterocycles. The topological polar surface area (TPSA) is 12.0 Å². The molecule has 2 unspecified atom stereocenters. The van der Waals surface area contributed by atoms with E-state index in [0.717, 1.165) is 24.4 Å². The van der Waals surface area contributed by atoms with Gasteiger partial charge in [-0.25, -0.2) is 0 Å². The highest BCUT2D eigenvalue weighted by atomic mass is 32.2. The summed E-state index contributed by atoms with van der Waals surface area (Å²) >= 11 is 2.14. The lowest BCUT2D eigenvalue weighted by molar-refractivity contribution is 0.518. The van der Waals surface area contributed by atoms with E-state index in [4.69, 9.17) is 0 Å². The van der Waals surface area contributed by atoms with E-state index in [9.17, 15) is 0 Å². The molecule has 0 spiro atoms. The molecule has 1 aliphatic rings. The Balaban J connectivity index is 2.07. The Kier molecular flexibility index (Phi) is 5.95. The van der Waals surface area contributed by atoms with E-state index in [1.807, 2.05) is 0 Å². The van der Waals surface area contributed by atoms with Crippen LogP contribution < -0.4 is 5.32 Å². The lowest BCUT2D eigenvalue weighted by Crippen LogP contribution is -2.33. The number of hydrogen-bond acceptors (Lipinski definition) is 2. The average molecular weight is 215 g/mol. The highest BCUT2D eigenvalue weighted by Gasteiger charge is 2.30. The SMILES string of the molecule is CCNC(CSCC(C)CC)C1CC1. The van der Waals surface area contributed by atoms with Crippen LogP contribution in [0.25, 0.3) is 0 Å². The zero-order valence-electron chi connectivity index (χ0n) is 9.88. The monoisotopic (exact) mass is 215 g/mol. The van der Waals surface area contributed by atoms with E-state index >= 15 is 0 Å². The van der Waals surface area contributed by atoms with Crippen LogP contribution in [-0.2, 0) is 0 Å². The van der Waals surface area contributed by atoms with Crippen molar-refractivity contribution in [3.63, 3.8) is 0 Å². The lowest BCUT2D eigenvalue weighted by Gasteiger charge is -2.17. The number of rotatable bonds is 8. The summed E-state index contributed by atoms with van der Waals surface area (Å²) in [6, 6.07) is 0.800. The molecule has 0 bridgehead atoms. The second kappa shape index (κ2) is 6.73. The maximum Gasteiger partial charge on any atom is 0.0186 e. The molecule has 1 saturated carbocycles. The van der Waals surface area contributed by atoms with Crippen molar-refractivity contribution in [3.05, 3.63) is 0 Å². The van der Waals surface area contributed by atoms with Crippen LogP contribution >= 0.6 is 11.8 Å². The lowest BCUT2D eigenvalue weighted by atomic mass is 10.2. The summed E-state index contributed by atoms with van der Waals surface area (Å²) in [6.45, 7) is 7.99. The largest absolute Gasteiger partial charge is 0.313 e. The molecule has 1 N–H and O–H groups in total. The highest BCUT2D eigenvalue weighted by molar-refractivity contribution is 7.99. The van der Waals surface area contributed by atoms with Crippen LogP contribution in [-0.4, -0.2) is 24.1 Å². The quantitative estimate of drug-likeness (QED) is 0.667. The smallest absolute Gasteiger partial charge is 0.0186 e. The molecule has 1 nitrogen and oxygen atoms in total. The van der Waals surface area contributed by atoms with Crippen LogP contribution in [0.5, 0.6) is 0 Å². The molecule has 1 rings (SSSR count). The summed E-state index contributed by atoms with van der Waals surface area (Å²) in [6.07, 6.45) is 4.24. The molecule has 0 aromatic carbocycles. The molecule has 0 aromatic rings. The molecule has 0 saturated heterocycles. The van der Waals surface area contributed by atoms with Gasteiger partial charge in [0.25, 0.3) is 0 Å². The third-order valence-electron chi connectivity index (χ3n) is 3.05. The molecule has 0 amide bonds. The predicted molar refractivity (Wildman–Crippen MR) is 67.0 cm³/mol. The third-order valence-corrected chi connectivity index (χ3v) is 4.45. The van der Waals surface area contributed by atoms with Crippen molar-refractivity contribution in [1.29, 1.82) is 0 Å². The Morgan fingerprint density at radius 3 is 2.50 bits per heavy atom. The van der Waals surface area contributed by atoms with Gasteiger partial charge in [-0.15, -0.1) is 0 Å². The number of thioether (sulfide) groups is 1. The van der Waals surface area contributed by atoms with Gasteiger partial charge in [-0.1, -0.05) is 27.2 Å². The summed E-state index contributed by atoms with van der Waals surface area (Å²) in [5.41, 5.74) is 0. The molecular weight excluding hydrogens is 190 g/mol. The second-order valence-corrected chi connectivity index (χ2v) is 5.63. The first-order valence-corrected chi connectivity index (χ1v) is 7.24. The van der Waals surface area contributed by atoms with Gasteiger partial charge in [-0.2, -0.15) is 11.8 Å². The molecule has 14 heavy (non-hydrogen) atoms. The van der Waals surface area contributed by atoms with Crippen molar-refractivity contribution < 1.29 is 0 Å². The summed E-state index contributed by atoms with van der Waals surface area (Å²) in [4.78, 5) is 0. The molecule has 2 heteroatoms. The molecule has 1 aliphatic carbocycles. The van der Waals surface area contributed by atoms with Crippen molar-refractivity contribution in [1.82, 2.24) is 5.32 Å². The molecular formula is C12H25NS. The van der Waals surface area contributed by atoms with Gasteiger partial charge < -0.3 is 5.32 Å². The number of nitrogens with one attached hydrogen (secondary N) is 1. The van der Waals surface area contributed by atoms with E-state index in [0.29, 0.717) is 0 Å². The van der Waals surface area contributed by atoms with Gasteiger partial charge >= 0.3 is 0 Å². The van der Waals surface area contributed by atoms with Crippen molar-refractivity contribution >= 4 is 11.8 Å². The van der Waals surface area contributed by atoms with Gasteiger partial charge in [0.05, 0.1) is 0 Å². The maximum absolute atomic E-state index is 3.62. The van der Waals surface area contributed by atoms with E-state index in [1.54, 1.807) is 0 Å². The first kappa shape index (κ1) is 12.4. The van der Waals surface area contributed by atoms with Crippen LogP contribution in [0.1, 0.15) is 40.0 Å². The minimum atomic E-state index is 0.800. The summed E-state index contributed by atoms with van der Waals surface area (Å²) in [5.74, 6) is 4.55. The van der Waals surface area contributed by atoms with Crippen molar-refractivity contribution in [3.8, 4) is 0 Å². The zero-order chi connectivity index (χ0) is 10.4. The molecule has 1 fully saturated rings. The van der Waals surface area contributed by atoms with Gasteiger partial charge in [0.2, 0.25) is 0 Å². The summed E-state index contributed by atoms with van der Waals surface area (Å²) in [7, 11) is 0. The van der Waals surface area contributed by atoms with Crippen LogP contribution in [0.2, 0.25) is 0 Å². The van der Waals surface area contributed by atoms with Gasteiger partial charge in [0.15, 0.2) is 0 Å². The fraction of sp³-hybridized carbons (Fsp3) is 1.00.